The standard InChI is InChI=1S/C29H31N3O4/c1-30-11-12-31(25(19-30)22-5-3-2-4-6-22)17-21-7-9-26-24(15-21)18-32(13-14-34-26)29(33)23-8-10-27-28(16-23)36-20-35-27/h2-10,15-16,25H,11-14,17-20H2,1H3/t25-/m1/s1. The molecule has 6 rings (SSSR count). The SMILES string of the molecule is CN1CCN(Cc2ccc3c(c2)CN(C(=O)c2ccc4c(c2)OCO4)CCO3)[C@@H](c2ccccc2)C1. The van der Waals surface area contributed by atoms with Gasteiger partial charge in [-0.15, -0.1) is 0 Å². The molecule has 1 saturated heterocycles. The number of hydrogen-bond donors (Lipinski definition) is 0. The van der Waals surface area contributed by atoms with E-state index in [-0.39, 0.29) is 12.7 Å². The van der Waals surface area contributed by atoms with Crippen LogP contribution in [-0.2, 0) is 13.1 Å². The molecule has 3 aliphatic heterocycles. The number of carbonyl (C=O) groups excluding carboxylic acids is 1. The summed E-state index contributed by atoms with van der Waals surface area (Å²) >= 11 is 0. The van der Waals surface area contributed by atoms with Gasteiger partial charge in [0, 0.05) is 49.9 Å². The van der Waals surface area contributed by atoms with Crippen molar-refractivity contribution in [3.63, 3.8) is 0 Å². The van der Waals surface area contributed by atoms with Crippen LogP contribution in [-0.4, -0.2) is 67.2 Å². The maximum absolute atomic E-state index is 13.4. The highest BCUT2D eigenvalue weighted by Crippen LogP contribution is 2.34. The third kappa shape index (κ3) is 4.64. The lowest BCUT2D eigenvalue weighted by Crippen LogP contribution is -2.46. The van der Waals surface area contributed by atoms with Gasteiger partial charge in [0.25, 0.3) is 5.91 Å². The predicted molar refractivity (Wildman–Crippen MR) is 136 cm³/mol. The first-order chi connectivity index (χ1) is 17.6. The lowest BCUT2D eigenvalue weighted by Gasteiger charge is -2.40. The summed E-state index contributed by atoms with van der Waals surface area (Å²) in [6, 6.07) is 22.9. The van der Waals surface area contributed by atoms with Gasteiger partial charge in [0.2, 0.25) is 6.79 Å². The first-order valence-electron chi connectivity index (χ1n) is 12.5. The number of piperazine rings is 1. The minimum absolute atomic E-state index is 0.0293. The van der Waals surface area contributed by atoms with Crippen molar-refractivity contribution in [2.45, 2.75) is 19.1 Å². The molecule has 3 heterocycles. The second-order valence-corrected chi connectivity index (χ2v) is 9.74. The van der Waals surface area contributed by atoms with Gasteiger partial charge < -0.3 is 24.0 Å². The van der Waals surface area contributed by atoms with E-state index < -0.39 is 0 Å². The Morgan fingerprint density at radius 1 is 0.889 bits per heavy atom. The normalized spacial score (nSPS) is 19.9. The van der Waals surface area contributed by atoms with Crippen LogP contribution in [0.4, 0.5) is 0 Å². The zero-order valence-corrected chi connectivity index (χ0v) is 20.6. The van der Waals surface area contributed by atoms with E-state index in [0.717, 1.165) is 37.5 Å². The Morgan fingerprint density at radius 2 is 1.72 bits per heavy atom. The number of carbonyl (C=O) groups is 1. The van der Waals surface area contributed by atoms with Gasteiger partial charge >= 0.3 is 0 Å². The number of hydrogen-bond acceptors (Lipinski definition) is 6. The van der Waals surface area contributed by atoms with Gasteiger partial charge in [0.1, 0.15) is 12.4 Å². The molecule has 7 nitrogen and oxygen atoms in total. The van der Waals surface area contributed by atoms with Gasteiger partial charge in [-0.3, -0.25) is 9.69 Å². The molecular weight excluding hydrogens is 454 g/mol. The van der Waals surface area contributed by atoms with E-state index in [1.807, 2.05) is 4.90 Å². The van der Waals surface area contributed by atoms with Crippen LogP contribution >= 0.6 is 0 Å². The van der Waals surface area contributed by atoms with E-state index in [9.17, 15) is 4.79 Å². The van der Waals surface area contributed by atoms with Crippen molar-refractivity contribution in [1.29, 1.82) is 0 Å². The molecule has 0 saturated carbocycles. The highest BCUT2D eigenvalue weighted by atomic mass is 16.7. The zero-order chi connectivity index (χ0) is 24.5. The summed E-state index contributed by atoms with van der Waals surface area (Å²) in [6.07, 6.45) is 0. The molecule has 0 spiro atoms. The summed E-state index contributed by atoms with van der Waals surface area (Å²) in [4.78, 5) is 20.2. The molecule has 0 aromatic heterocycles. The maximum atomic E-state index is 13.4. The van der Waals surface area contributed by atoms with Crippen molar-refractivity contribution in [3.8, 4) is 17.2 Å². The third-order valence-electron chi connectivity index (χ3n) is 7.28. The van der Waals surface area contributed by atoms with E-state index in [2.05, 4.69) is 65.4 Å². The molecule has 1 fully saturated rings. The topological polar surface area (TPSA) is 54.5 Å². The second-order valence-electron chi connectivity index (χ2n) is 9.74. The number of amides is 1. The van der Waals surface area contributed by atoms with Crippen LogP contribution < -0.4 is 14.2 Å². The van der Waals surface area contributed by atoms with Gasteiger partial charge in [-0.1, -0.05) is 36.4 Å². The molecule has 0 bridgehead atoms. The van der Waals surface area contributed by atoms with E-state index >= 15 is 0 Å². The number of likely N-dealkylation sites (N-methyl/N-ethyl adjacent to an activating group) is 1. The van der Waals surface area contributed by atoms with Gasteiger partial charge in [-0.2, -0.15) is 0 Å². The quantitative estimate of drug-likeness (QED) is 0.558. The number of ether oxygens (including phenoxy) is 3. The molecule has 0 unspecified atom stereocenters. The lowest BCUT2D eigenvalue weighted by molar-refractivity contribution is 0.0732. The molecule has 3 aliphatic rings. The Hall–Kier alpha value is -3.55. The summed E-state index contributed by atoms with van der Waals surface area (Å²) in [5.74, 6) is 2.13. The average molecular weight is 486 g/mol. The van der Waals surface area contributed by atoms with Crippen LogP contribution in [0, 0.1) is 0 Å². The Balaban J connectivity index is 1.21. The molecular formula is C29H31N3O4. The Kier molecular flexibility index (Phi) is 6.25. The molecule has 0 aliphatic carbocycles. The van der Waals surface area contributed by atoms with Gasteiger partial charge in [0.15, 0.2) is 11.5 Å². The fourth-order valence-electron chi connectivity index (χ4n) is 5.30. The predicted octanol–water partition coefficient (Wildman–Crippen LogP) is 3.94. The lowest BCUT2D eigenvalue weighted by atomic mass is 10.0. The molecule has 3 aromatic rings. The summed E-state index contributed by atoms with van der Waals surface area (Å²) in [5, 5.41) is 0. The Bertz CT molecular complexity index is 1250. The molecule has 36 heavy (non-hydrogen) atoms. The molecule has 0 radical (unpaired) electrons. The van der Waals surface area contributed by atoms with Crippen LogP contribution in [0.3, 0.4) is 0 Å². The van der Waals surface area contributed by atoms with Gasteiger partial charge in [-0.05, 0) is 48.5 Å². The minimum atomic E-state index is -0.0293. The van der Waals surface area contributed by atoms with Crippen molar-refractivity contribution in [2.24, 2.45) is 0 Å². The van der Waals surface area contributed by atoms with Crippen molar-refractivity contribution < 1.29 is 19.0 Å². The molecule has 0 N–H and O–H groups in total. The molecule has 1 amide bonds. The molecule has 186 valence electrons. The van der Waals surface area contributed by atoms with E-state index in [4.69, 9.17) is 14.2 Å². The number of nitrogens with zero attached hydrogens (tertiary/aromatic N) is 3. The highest BCUT2D eigenvalue weighted by Gasteiger charge is 2.28. The van der Waals surface area contributed by atoms with Crippen LogP contribution in [0.1, 0.15) is 33.1 Å². The monoisotopic (exact) mass is 485 g/mol. The fourth-order valence-corrected chi connectivity index (χ4v) is 5.30. The van der Waals surface area contributed by atoms with Crippen LogP contribution in [0.25, 0.3) is 0 Å². The zero-order valence-electron chi connectivity index (χ0n) is 20.6. The van der Waals surface area contributed by atoms with Crippen molar-refractivity contribution in [3.05, 3.63) is 89.0 Å². The fraction of sp³-hybridized carbons (Fsp3) is 0.345. The Morgan fingerprint density at radius 3 is 2.61 bits per heavy atom. The van der Waals surface area contributed by atoms with Gasteiger partial charge in [0.05, 0.1) is 6.54 Å². The highest BCUT2D eigenvalue weighted by molar-refractivity contribution is 5.95. The smallest absolute Gasteiger partial charge is 0.254 e. The number of fused-ring (bicyclic) bond motifs is 2. The van der Waals surface area contributed by atoms with E-state index in [0.29, 0.717) is 42.8 Å². The summed E-state index contributed by atoms with van der Waals surface area (Å²) < 4.78 is 16.9. The Labute approximate surface area is 211 Å². The van der Waals surface area contributed by atoms with Crippen LogP contribution in [0.5, 0.6) is 17.2 Å². The first kappa shape index (κ1) is 22.9. The van der Waals surface area contributed by atoms with Gasteiger partial charge in [-0.25, -0.2) is 0 Å². The van der Waals surface area contributed by atoms with Crippen LogP contribution in [0.2, 0.25) is 0 Å². The van der Waals surface area contributed by atoms with Crippen molar-refractivity contribution >= 4 is 5.91 Å². The molecule has 7 heteroatoms. The number of rotatable bonds is 4. The second kappa shape index (κ2) is 9.84. The molecule has 1 atom stereocenters. The van der Waals surface area contributed by atoms with E-state index in [1.165, 1.54) is 11.1 Å². The summed E-state index contributed by atoms with van der Waals surface area (Å²) in [7, 11) is 2.19. The molecule has 3 aromatic carbocycles. The maximum Gasteiger partial charge on any atom is 0.254 e. The summed E-state index contributed by atoms with van der Waals surface area (Å²) in [6.45, 7) is 5.64. The largest absolute Gasteiger partial charge is 0.491 e. The van der Waals surface area contributed by atoms with E-state index in [1.54, 1.807) is 18.2 Å². The van der Waals surface area contributed by atoms with Crippen LogP contribution in [0.15, 0.2) is 66.7 Å². The third-order valence-corrected chi connectivity index (χ3v) is 7.28. The summed E-state index contributed by atoms with van der Waals surface area (Å²) in [5.41, 5.74) is 4.23. The van der Waals surface area contributed by atoms with Crippen molar-refractivity contribution in [1.82, 2.24) is 14.7 Å². The minimum Gasteiger partial charge on any atom is -0.491 e. The number of benzene rings is 3. The average Bonchev–Trinajstić information content (AvgIpc) is 3.28. The van der Waals surface area contributed by atoms with Crippen molar-refractivity contribution in [2.75, 3.05) is 46.6 Å². The first-order valence-corrected chi connectivity index (χ1v) is 12.5.